The van der Waals surface area contributed by atoms with E-state index < -0.39 is 6.10 Å². The molecular weight excluding hydrogens is 322 g/mol. The van der Waals surface area contributed by atoms with Crippen LogP contribution in [0.2, 0.25) is 0 Å². The van der Waals surface area contributed by atoms with Gasteiger partial charge >= 0.3 is 0 Å². The van der Waals surface area contributed by atoms with E-state index in [0.717, 1.165) is 24.6 Å². The molecule has 1 aliphatic carbocycles. The highest BCUT2D eigenvalue weighted by Crippen LogP contribution is 2.48. The Balaban J connectivity index is 1.53. The molecule has 0 saturated heterocycles. The van der Waals surface area contributed by atoms with Gasteiger partial charge in [-0.1, -0.05) is 60.7 Å². The molecule has 0 heterocycles. The van der Waals surface area contributed by atoms with Crippen molar-refractivity contribution in [1.29, 1.82) is 0 Å². The Hall–Kier alpha value is -2.33. The molecule has 2 aromatic rings. The summed E-state index contributed by atoms with van der Waals surface area (Å²) < 4.78 is 0. The molecule has 0 aliphatic heterocycles. The standard InChI is InChI=1S/C22H29N3O/c1-2-23-21(24-16-13-20(26)18-9-5-3-6-10-18)25-17-22(14-15-22)19-11-7-4-8-12-19/h3-12,20,26H,2,13-17H2,1H3,(H2,23,24,25). The first-order chi connectivity index (χ1) is 12.7. The Morgan fingerprint density at radius 2 is 1.69 bits per heavy atom. The zero-order valence-electron chi connectivity index (χ0n) is 15.5. The summed E-state index contributed by atoms with van der Waals surface area (Å²) in [6, 6.07) is 20.5. The Labute approximate surface area is 156 Å². The number of benzene rings is 2. The number of hydrogen-bond donors (Lipinski definition) is 3. The van der Waals surface area contributed by atoms with Crippen LogP contribution in [0.25, 0.3) is 0 Å². The molecule has 1 atom stereocenters. The molecule has 0 spiro atoms. The van der Waals surface area contributed by atoms with Gasteiger partial charge in [-0.15, -0.1) is 0 Å². The van der Waals surface area contributed by atoms with Crippen LogP contribution in [0, 0.1) is 0 Å². The molecule has 4 heteroatoms. The lowest BCUT2D eigenvalue weighted by Gasteiger charge is -2.17. The highest BCUT2D eigenvalue weighted by Gasteiger charge is 2.43. The largest absolute Gasteiger partial charge is 0.388 e. The molecule has 0 amide bonds. The number of aliphatic hydroxyl groups excluding tert-OH is 1. The lowest BCUT2D eigenvalue weighted by molar-refractivity contribution is 0.168. The molecule has 26 heavy (non-hydrogen) atoms. The van der Waals surface area contributed by atoms with Crippen molar-refractivity contribution in [2.45, 2.75) is 37.7 Å². The average Bonchev–Trinajstić information content (AvgIpc) is 3.48. The van der Waals surface area contributed by atoms with Gasteiger partial charge in [0.05, 0.1) is 12.6 Å². The third-order valence-electron chi connectivity index (χ3n) is 5.02. The maximum Gasteiger partial charge on any atom is 0.191 e. The molecule has 0 bridgehead atoms. The highest BCUT2D eigenvalue weighted by atomic mass is 16.3. The molecule has 3 N–H and O–H groups in total. The Morgan fingerprint density at radius 1 is 1.04 bits per heavy atom. The number of hydrogen-bond acceptors (Lipinski definition) is 2. The van der Waals surface area contributed by atoms with E-state index in [0.29, 0.717) is 13.0 Å². The summed E-state index contributed by atoms with van der Waals surface area (Å²) in [5.74, 6) is 0.829. The van der Waals surface area contributed by atoms with Crippen molar-refractivity contribution in [2.75, 3.05) is 19.6 Å². The minimum Gasteiger partial charge on any atom is -0.388 e. The lowest BCUT2D eigenvalue weighted by atomic mass is 9.96. The van der Waals surface area contributed by atoms with Crippen LogP contribution < -0.4 is 10.6 Å². The van der Waals surface area contributed by atoms with Gasteiger partial charge in [-0.3, -0.25) is 4.99 Å². The van der Waals surface area contributed by atoms with E-state index in [9.17, 15) is 5.11 Å². The smallest absolute Gasteiger partial charge is 0.191 e. The normalized spacial score (nSPS) is 16.8. The number of rotatable bonds is 8. The molecule has 0 aromatic heterocycles. The fourth-order valence-corrected chi connectivity index (χ4v) is 3.22. The first kappa shape index (κ1) is 18.5. The minimum atomic E-state index is -0.453. The molecule has 4 nitrogen and oxygen atoms in total. The van der Waals surface area contributed by atoms with E-state index in [2.05, 4.69) is 47.9 Å². The van der Waals surface area contributed by atoms with Crippen molar-refractivity contribution < 1.29 is 5.11 Å². The van der Waals surface area contributed by atoms with Crippen LogP contribution in [-0.2, 0) is 5.41 Å². The van der Waals surface area contributed by atoms with Crippen LogP contribution in [0.15, 0.2) is 65.7 Å². The van der Waals surface area contributed by atoms with Gasteiger partial charge in [-0.05, 0) is 37.3 Å². The topological polar surface area (TPSA) is 56.7 Å². The van der Waals surface area contributed by atoms with Crippen molar-refractivity contribution >= 4 is 5.96 Å². The molecule has 1 fully saturated rings. The van der Waals surface area contributed by atoms with E-state index >= 15 is 0 Å². The zero-order chi connectivity index (χ0) is 18.2. The van der Waals surface area contributed by atoms with Gasteiger partial charge < -0.3 is 15.7 Å². The molecular formula is C22H29N3O. The first-order valence-corrected chi connectivity index (χ1v) is 9.54. The first-order valence-electron chi connectivity index (χ1n) is 9.54. The molecule has 1 aliphatic rings. The summed E-state index contributed by atoms with van der Waals surface area (Å²) in [6.07, 6.45) is 2.60. The molecule has 3 rings (SSSR count). The Morgan fingerprint density at radius 3 is 2.31 bits per heavy atom. The number of aliphatic imine (C=N–C) groups is 1. The third kappa shape index (κ3) is 4.85. The summed E-state index contributed by atoms with van der Waals surface area (Å²) in [4.78, 5) is 4.81. The van der Waals surface area contributed by atoms with Gasteiger partial charge in [-0.25, -0.2) is 0 Å². The summed E-state index contributed by atoms with van der Waals surface area (Å²) in [5, 5.41) is 16.9. The van der Waals surface area contributed by atoms with E-state index in [1.54, 1.807) is 0 Å². The zero-order valence-corrected chi connectivity index (χ0v) is 15.5. The Bertz CT molecular complexity index is 696. The quantitative estimate of drug-likeness (QED) is 0.505. The van der Waals surface area contributed by atoms with Crippen molar-refractivity contribution in [3.63, 3.8) is 0 Å². The molecule has 138 valence electrons. The van der Waals surface area contributed by atoms with Crippen LogP contribution in [0.4, 0.5) is 0 Å². The van der Waals surface area contributed by atoms with E-state index in [-0.39, 0.29) is 5.41 Å². The van der Waals surface area contributed by atoms with Crippen LogP contribution in [0.3, 0.4) is 0 Å². The lowest BCUT2D eigenvalue weighted by Crippen LogP contribution is -2.38. The number of guanidine groups is 1. The highest BCUT2D eigenvalue weighted by molar-refractivity contribution is 5.79. The number of aliphatic hydroxyl groups is 1. The van der Waals surface area contributed by atoms with Gasteiger partial charge in [0.1, 0.15) is 0 Å². The van der Waals surface area contributed by atoms with Crippen LogP contribution >= 0.6 is 0 Å². The number of nitrogens with one attached hydrogen (secondary N) is 2. The maximum atomic E-state index is 10.3. The van der Waals surface area contributed by atoms with Gasteiger partial charge in [0.15, 0.2) is 5.96 Å². The van der Waals surface area contributed by atoms with Gasteiger partial charge in [0, 0.05) is 18.5 Å². The van der Waals surface area contributed by atoms with Gasteiger partial charge in [-0.2, -0.15) is 0 Å². The van der Waals surface area contributed by atoms with Crippen molar-refractivity contribution in [2.24, 2.45) is 4.99 Å². The summed E-state index contributed by atoms with van der Waals surface area (Å²) >= 11 is 0. The van der Waals surface area contributed by atoms with Crippen molar-refractivity contribution in [3.8, 4) is 0 Å². The number of nitrogens with zero attached hydrogens (tertiary/aromatic N) is 1. The van der Waals surface area contributed by atoms with Crippen LogP contribution in [0.1, 0.15) is 43.4 Å². The predicted molar refractivity (Wildman–Crippen MR) is 107 cm³/mol. The maximum absolute atomic E-state index is 10.3. The SMILES string of the molecule is CCNC(=NCC1(c2ccccc2)CC1)NCCC(O)c1ccccc1. The van der Waals surface area contributed by atoms with E-state index in [4.69, 9.17) is 4.99 Å². The van der Waals surface area contributed by atoms with E-state index in [1.165, 1.54) is 18.4 Å². The third-order valence-corrected chi connectivity index (χ3v) is 5.02. The molecule has 0 radical (unpaired) electrons. The molecule has 1 saturated carbocycles. The van der Waals surface area contributed by atoms with Crippen molar-refractivity contribution in [1.82, 2.24) is 10.6 Å². The van der Waals surface area contributed by atoms with E-state index in [1.807, 2.05) is 30.3 Å². The second-order valence-corrected chi connectivity index (χ2v) is 6.98. The second-order valence-electron chi connectivity index (χ2n) is 6.98. The van der Waals surface area contributed by atoms with Gasteiger partial charge in [0.25, 0.3) is 0 Å². The monoisotopic (exact) mass is 351 g/mol. The Kier molecular flexibility index (Phi) is 6.29. The minimum absolute atomic E-state index is 0.215. The fraction of sp³-hybridized carbons (Fsp3) is 0.409. The summed E-state index contributed by atoms with van der Waals surface area (Å²) in [5.41, 5.74) is 2.56. The summed E-state index contributed by atoms with van der Waals surface area (Å²) in [6.45, 7) is 4.37. The predicted octanol–water partition coefficient (Wildman–Crippen LogP) is 3.40. The van der Waals surface area contributed by atoms with Gasteiger partial charge in [0.2, 0.25) is 0 Å². The molecule has 1 unspecified atom stereocenters. The fourth-order valence-electron chi connectivity index (χ4n) is 3.22. The second kappa shape index (κ2) is 8.86. The van der Waals surface area contributed by atoms with Crippen molar-refractivity contribution in [3.05, 3.63) is 71.8 Å². The average molecular weight is 351 g/mol. The molecule has 2 aromatic carbocycles. The van der Waals surface area contributed by atoms with Crippen LogP contribution in [0.5, 0.6) is 0 Å². The summed E-state index contributed by atoms with van der Waals surface area (Å²) in [7, 11) is 0. The van der Waals surface area contributed by atoms with Crippen LogP contribution in [-0.4, -0.2) is 30.7 Å².